The number of hydrogen-bond acceptors (Lipinski definition) is 7. The van der Waals surface area contributed by atoms with Crippen LogP contribution >= 0.6 is 11.8 Å². The molecule has 0 heterocycles. The SMILES string of the molecule is CCCCCCCCC.CCCCCCCCC(=O)SC[C@H](NC(=O)CC[C@H](N)C(=O)O)C(=O)CCC(=O)O. The number of amides is 1. The normalized spacial score (nSPS) is 12.1. The van der Waals surface area contributed by atoms with E-state index in [0.29, 0.717) is 6.42 Å². The molecule has 0 aromatic rings. The van der Waals surface area contributed by atoms with Crippen LogP contribution in [0, 0.1) is 0 Å². The number of rotatable bonds is 24. The molecule has 228 valence electrons. The van der Waals surface area contributed by atoms with Crippen molar-refractivity contribution in [3.05, 3.63) is 0 Å². The van der Waals surface area contributed by atoms with Gasteiger partial charge in [-0.3, -0.25) is 24.0 Å². The topological polar surface area (TPSA) is 164 Å². The van der Waals surface area contributed by atoms with Gasteiger partial charge in [0.05, 0.1) is 12.5 Å². The monoisotopic (exact) mass is 574 g/mol. The number of aliphatic carboxylic acids is 2. The van der Waals surface area contributed by atoms with Crippen LogP contribution in [-0.2, 0) is 24.0 Å². The molecular weight excluding hydrogens is 520 g/mol. The summed E-state index contributed by atoms with van der Waals surface area (Å²) in [5, 5.41) is 19.9. The molecule has 9 nitrogen and oxygen atoms in total. The Kier molecular flexibility index (Phi) is 27.8. The summed E-state index contributed by atoms with van der Waals surface area (Å²) in [7, 11) is 0. The molecule has 0 aromatic carbocycles. The molecule has 2 atom stereocenters. The number of carbonyl (C=O) groups excluding carboxylic acids is 3. The molecule has 0 saturated carbocycles. The first kappa shape index (κ1) is 39.2. The molecule has 10 heteroatoms. The summed E-state index contributed by atoms with van der Waals surface area (Å²) in [6.07, 6.45) is 15.7. The average Bonchev–Trinajstić information content (AvgIpc) is 2.90. The van der Waals surface area contributed by atoms with Crippen LogP contribution in [0.4, 0.5) is 0 Å². The van der Waals surface area contributed by atoms with Gasteiger partial charge in [-0.25, -0.2) is 0 Å². The van der Waals surface area contributed by atoms with Crippen molar-refractivity contribution in [2.24, 2.45) is 5.73 Å². The molecule has 1 amide bonds. The molecule has 0 radical (unpaired) electrons. The highest BCUT2D eigenvalue weighted by molar-refractivity contribution is 8.13. The first-order valence-corrected chi connectivity index (χ1v) is 15.7. The standard InChI is InChI=1S/C20H34N2O7S.C9H20/c1-2-3-4-5-6-7-8-19(27)30-13-15(16(23)10-12-18(25)26)22-17(24)11-9-14(21)20(28)29;1-3-5-7-9-8-6-4-2/h14-15H,2-13,21H2,1H3,(H,22,24)(H,25,26)(H,28,29);3-9H2,1-2H3/t14-,15-;/m0./s1. The summed E-state index contributed by atoms with van der Waals surface area (Å²) in [4.78, 5) is 57.8. The molecule has 0 saturated heterocycles. The number of hydrogen-bond donors (Lipinski definition) is 4. The smallest absolute Gasteiger partial charge is 0.320 e. The lowest BCUT2D eigenvalue weighted by atomic mass is 10.1. The van der Waals surface area contributed by atoms with Crippen LogP contribution in [0.15, 0.2) is 0 Å². The van der Waals surface area contributed by atoms with Crippen molar-refractivity contribution in [2.75, 3.05) is 5.75 Å². The second-order valence-electron chi connectivity index (χ2n) is 9.93. The van der Waals surface area contributed by atoms with Gasteiger partial charge in [-0.05, 0) is 12.8 Å². The van der Waals surface area contributed by atoms with Crippen LogP contribution in [0.5, 0.6) is 0 Å². The molecule has 0 bridgehead atoms. The highest BCUT2D eigenvalue weighted by atomic mass is 32.2. The Bertz CT molecular complexity index is 683. The van der Waals surface area contributed by atoms with Gasteiger partial charge in [0.1, 0.15) is 6.04 Å². The zero-order valence-corrected chi connectivity index (χ0v) is 25.3. The highest BCUT2D eigenvalue weighted by Crippen LogP contribution is 2.15. The van der Waals surface area contributed by atoms with Crippen molar-refractivity contribution < 1.29 is 34.2 Å². The van der Waals surface area contributed by atoms with E-state index in [1.165, 1.54) is 51.4 Å². The zero-order chi connectivity index (χ0) is 29.9. The number of nitrogens with one attached hydrogen (secondary N) is 1. The number of ketones is 1. The van der Waals surface area contributed by atoms with E-state index in [0.717, 1.165) is 43.9 Å². The van der Waals surface area contributed by atoms with Gasteiger partial charge >= 0.3 is 11.9 Å². The Morgan fingerprint density at radius 1 is 0.692 bits per heavy atom. The van der Waals surface area contributed by atoms with E-state index in [9.17, 15) is 24.0 Å². The quantitative estimate of drug-likeness (QED) is 0.103. The summed E-state index contributed by atoms with van der Waals surface area (Å²) in [5.41, 5.74) is 5.36. The van der Waals surface area contributed by atoms with Crippen molar-refractivity contribution in [3.63, 3.8) is 0 Å². The van der Waals surface area contributed by atoms with Gasteiger partial charge in [0.25, 0.3) is 0 Å². The number of thioether (sulfide) groups is 1. The molecule has 0 fully saturated rings. The van der Waals surface area contributed by atoms with E-state index in [1.807, 2.05) is 0 Å². The number of carboxylic acid groups (broad SMARTS) is 2. The van der Waals surface area contributed by atoms with Crippen LogP contribution in [0.3, 0.4) is 0 Å². The predicted octanol–water partition coefficient (Wildman–Crippen LogP) is 5.86. The van der Waals surface area contributed by atoms with E-state index in [2.05, 4.69) is 26.1 Å². The molecule has 0 aromatic heterocycles. The van der Waals surface area contributed by atoms with Gasteiger partial charge in [0.2, 0.25) is 5.91 Å². The fourth-order valence-corrected chi connectivity index (χ4v) is 4.53. The van der Waals surface area contributed by atoms with Gasteiger partial charge in [0, 0.05) is 25.0 Å². The van der Waals surface area contributed by atoms with Gasteiger partial charge in [0.15, 0.2) is 10.9 Å². The molecule has 39 heavy (non-hydrogen) atoms. The third-order valence-electron chi connectivity index (χ3n) is 6.16. The molecular formula is C29H54N2O7S. The lowest BCUT2D eigenvalue weighted by Gasteiger charge is -2.17. The van der Waals surface area contributed by atoms with Crippen LogP contribution in [0.1, 0.15) is 136 Å². The maximum atomic E-state index is 12.3. The van der Waals surface area contributed by atoms with Gasteiger partial charge in [-0.1, -0.05) is 110 Å². The number of unbranched alkanes of at least 4 members (excludes halogenated alkanes) is 11. The molecule has 0 aliphatic carbocycles. The number of Topliss-reactive ketones (excluding diaryl/α,β-unsaturated/α-hetero) is 1. The van der Waals surface area contributed by atoms with Gasteiger partial charge < -0.3 is 21.3 Å². The molecule has 0 aliphatic heterocycles. The summed E-state index contributed by atoms with van der Waals surface area (Å²) >= 11 is 0.946. The van der Waals surface area contributed by atoms with E-state index in [-0.39, 0.29) is 36.6 Å². The summed E-state index contributed by atoms with van der Waals surface area (Å²) in [6.45, 7) is 6.66. The number of carboxylic acids is 2. The fraction of sp³-hybridized carbons (Fsp3) is 0.828. The average molecular weight is 575 g/mol. The van der Waals surface area contributed by atoms with Gasteiger partial charge in [-0.2, -0.15) is 0 Å². The first-order chi connectivity index (χ1) is 18.6. The van der Waals surface area contributed by atoms with E-state index < -0.39 is 35.7 Å². The summed E-state index contributed by atoms with van der Waals surface area (Å²) < 4.78 is 0. The lowest BCUT2D eigenvalue weighted by molar-refractivity contribution is -0.139. The van der Waals surface area contributed by atoms with E-state index >= 15 is 0 Å². The fourth-order valence-electron chi connectivity index (χ4n) is 3.62. The minimum Gasteiger partial charge on any atom is -0.481 e. The van der Waals surface area contributed by atoms with Crippen LogP contribution in [0.25, 0.3) is 0 Å². The minimum atomic E-state index is -1.23. The third-order valence-corrected chi connectivity index (χ3v) is 7.19. The summed E-state index contributed by atoms with van der Waals surface area (Å²) in [6, 6.07) is -2.19. The second-order valence-corrected chi connectivity index (χ2v) is 11.0. The Morgan fingerprint density at radius 2 is 1.18 bits per heavy atom. The molecule has 0 unspecified atom stereocenters. The van der Waals surface area contributed by atoms with E-state index in [4.69, 9.17) is 15.9 Å². The van der Waals surface area contributed by atoms with Crippen molar-refractivity contribution in [2.45, 2.75) is 148 Å². The van der Waals surface area contributed by atoms with Gasteiger partial charge in [-0.15, -0.1) is 0 Å². The third kappa shape index (κ3) is 27.4. The van der Waals surface area contributed by atoms with Crippen LogP contribution in [-0.4, -0.2) is 56.8 Å². The van der Waals surface area contributed by atoms with Crippen molar-refractivity contribution in [1.29, 1.82) is 0 Å². The van der Waals surface area contributed by atoms with Crippen molar-refractivity contribution >= 4 is 40.5 Å². The molecule has 0 rings (SSSR count). The van der Waals surface area contributed by atoms with Crippen LogP contribution < -0.4 is 11.1 Å². The first-order valence-electron chi connectivity index (χ1n) is 14.8. The molecule has 5 N–H and O–H groups in total. The minimum absolute atomic E-state index is 0.0177. The number of carbonyl (C=O) groups is 5. The Hall–Kier alpha value is -1.94. The largest absolute Gasteiger partial charge is 0.481 e. The maximum absolute atomic E-state index is 12.3. The van der Waals surface area contributed by atoms with Crippen molar-refractivity contribution in [1.82, 2.24) is 5.32 Å². The van der Waals surface area contributed by atoms with Crippen LogP contribution in [0.2, 0.25) is 0 Å². The van der Waals surface area contributed by atoms with E-state index in [1.54, 1.807) is 0 Å². The molecule has 0 aliphatic rings. The molecule has 0 spiro atoms. The highest BCUT2D eigenvalue weighted by Gasteiger charge is 2.23. The Labute approximate surface area is 239 Å². The summed E-state index contributed by atoms with van der Waals surface area (Å²) in [5.74, 6) is -3.39. The number of nitrogens with two attached hydrogens (primary N) is 1. The second kappa shape index (κ2) is 27.6. The Morgan fingerprint density at radius 3 is 1.64 bits per heavy atom. The lowest BCUT2D eigenvalue weighted by Crippen LogP contribution is -2.43. The predicted molar refractivity (Wildman–Crippen MR) is 158 cm³/mol. The zero-order valence-electron chi connectivity index (χ0n) is 24.5. The Balaban J connectivity index is 0. The van der Waals surface area contributed by atoms with Crippen molar-refractivity contribution in [3.8, 4) is 0 Å². The maximum Gasteiger partial charge on any atom is 0.320 e.